The molecule has 5 aliphatic rings. The largest absolute Gasteiger partial charge is 0.392 e. The summed E-state index contributed by atoms with van der Waals surface area (Å²) in [6.07, 6.45) is 9.85. The highest BCUT2D eigenvalue weighted by Gasteiger charge is 2.68. The van der Waals surface area contributed by atoms with Crippen molar-refractivity contribution in [2.24, 2.45) is 39.4 Å². The van der Waals surface area contributed by atoms with Crippen LogP contribution in [0.2, 0.25) is 0 Å². The molecule has 5 aliphatic carbocycles. The van der Waals surface area contributed by atoms with Crippen LogP contribution >= 0.6 is 0 Å². The van der Waals surface area contributed by atoms with Crippen molar-refractivity contribution in [1.29, 1.82) is 0 Å². The second kappa shape index (κ2) is 5.72. The lowest BCUT2D eigenvalue weighted by molar-refractivity contribution is -0.215. The maximum absolute atomic E-state index is 12.8. The summed E-state index contributed by atoms with van der Waals surface area (Å²) in [6, 6.07) is 0. The van der Waals surface area contributed by atoms with Crippen molar-refractivity contribution in [2.75, 3.05) is 0 Å². The van der Waals surface area contributed by atoms with E-state index in [-0.39, 0.29) is 27.4 Å². The number of rotatable bonds is 0. The van der Waals surface area contributed by atoms with Crippen LogP contribution in [0, 0.1) is 39.4 Å². The fraction of sp³-hybridized carbons (Fsp3) is 0.769. The maximum atomic E-state index is 12.8. The molecule has 158 valence electrons. The average Bonchev–Trinajstić information content (AvgIpc) is 3.03. The summed E-state index contributed by atoms with van der Waals surface area (Å²) in [4.78, 5) is 24.9. The summed E-state index contributed by atoms with van der Waals surface area (Å²) in [5.74, 6) is 1.73. The minimum Gasteiger partial charge on any atom is -0.392 e. The molecule has 4 fully saturated rings. The van der Waals surface area contributed by atoms with Gasteiger partial charge in [-0.05, 0) is 90.4 Å². The molecule has 0 spiro atoms. The highest BCUT2D eigenvalue weighted by Crippen LogP contribution is 2.73. The van der Waals surface area contributed by atoms with Gasteiger partial charge in [0.05, 0.1) is 6.10 Å². The van der Waals surface area contributed by atoms with Crippen LogP contribution in [0.5, 0.6) is 0 Å². The number of aliphatic hydroxyl groups is 1. The number of aliphatic hydroxyl groups excluding tert-OH is 1. The fourth-order valence-corrected chi connectivity index (χ4v) is 9.26. The van der Waals surface area contributed by atoms with Crippen molar-refractivity contribution in [3.05, 3.63) is 23.3 Å². The van der Waals surface area contributed by atoms with E-state index in [1.165, 1.54) is 5.57 Å². The Balaban J connectivity index is 1.60. The molecule has 7 atom stereocenters. The molecule has 0 amide bonds. The van der Waals surface area contributed by atoms with Crippen molar-refractivity contribution in [2.45, 2.75) is 85.7 Å². The van der Waals surface area contributed by atoms with Crippen LogP contribution in [-0.4, -0.2) is 22.8 Å². The standard InChI is InChI=1S/C26H36O3/c1-23(2)18-8-10-25(4)19-7-6-15-12-16(27)13-17(15)26(19,5)22(29)14-20(25)24(18,3)11-9-21(23)28/h12-13,18-20,22,29H,6-11,14H2,1-5H3/t18-,19-,20+,22+,24-,25-,26+/m0/s1. The van der Waals surface area contributed by atoms with E-state index < -0.39 is 6.10 Å². The molecule has 29 heavy (non-hydrogen) atoms. The number of allylic oxidation sites excluding steroid dienone is 3. The van der Waals surface area contributed by atoms with Crippen molar-refractivity contribution >= 4 is 11.6 Å². The third-order valence-corrected chi connectivity index (χ3v) is 10.7. The van der Waals surface area contributed by atoms with Crippen LogP contribution < -0.4 is 0 Å². The summed E-state index contributed by atoms with van der Waals surface area (Å²) in [5, 5.41) is 11.6. The molecule has 0 bridgehead atoms. The SMILES string of the molecule is CC1(C)C(=O)CC[C@]2(C)[C@H]3C[C@@H](O)[C@]4(C)C5=CC(=O)C=C5CC[C@H]4[C@]3(C)CC[C@@H]12. The van der Waals surface area contributed by atoms with Gasteiger partial charge >= 0.3 is 0 Å². The second-order valence-corrected chi connectivity index (χ2v) is 12.1. The molecule has 0 aromatic carbocycles. The van der Waals surface area contributed by atoms with E-state index in [0.29, 0.717) is 30.0 Å². The molecule has 0 radical (unpaired) electrons. The van der Waals surface area contributed by atoms with Gasteiger partial charge in [-0.15, -0.1) is 0 Å². The maximum Gasteiger partial charge on any atom is 0.179 e. The number of fused-ring (bicyclic) bond motifs is 7. The van der Waals surface area contributed by atoms with Gasteiger partial charge in [-0.2, -0.15) is 0 Å². The number of hydrogen-bond donors (Lipinski definition) is 1. The molecule has 0 aliphatic heterocycles. The Morgan fingerprint density at radius 3 is 2.28 bits per heavy atom. The van der Waals surface area contributed by atoms with Gasteiger partial charge in [0, 0.05) is 17.3 Å². The van der Waals surface area contributed by atoms with Gasteiger partial charge in [-0.1, -0.05) is 34.6 Å². The van der Waals surface area contributed by atoms with Crippen molar-refractivity contribution in [1.82, 2.24) is 0 Å². The van der Waals surface area contributed by atoms with Crippen LogP contribution in [0.25, 0.3) is 0 Å². The van der Waals surface area contributed by atoms with E-state index >= 15 is 0 Å². The van der Waals surface area contributed by atoms with Crippen LogP contribution in [0.15, 0.2) is 23.3 Å². The van der Waals surface area contributed by atoms with Crippen molar-refractivity contribution < 1.29 is 14.7 Å². The van der Waals surface area contributed by atoms with Crippen molar-refractivity contribution in [3.63, 3.8) is 0 Å². The zero-order valence-electron chi connectivity index (χ0n) is 18.7. The molecule has 3 nitrogen and oxygen atoms in total. The first kappa shape index (κ1) is 19.7. The van der Waals surface area contributed by atoms with E-state index in [0.717, 1.165) is 44.1 Å². The quantitative estimate of drug-likeness (QED) is 0.625. The van der Waals surface area contributed by atoms with E-state index in [2.05, 4.69) is 34.6 Å². The first-order chi connectivity index (χ1) is 13.5. The van der Waals surface area contributed by atoms with Crippen LogP contribution in [0.3, 0.4) is 0 Å². The molecule has 0 heterocycles. The second-order valence-electron chi connectivity index (χ2n) is 12.1. The van der Waals surface area contributed by atoms with E-state index in [4.69, 9.17) is 0 Å². The van der Waals surface area contributed by atoms with E-state index in [1.54, 1.807) is 6.08 Å². The monoisotopic (exact) mass is 396 g/mol. The van der Waals surface area contributed by atoms with E-state index in [1.807, 2.05) is 6.08 Å². The topological polar surface area (TPSA) is 54.4 Å². The Labute approximate surface area is 175 Å². The highest BCUT2D eigenvalue weighted by molar-refractivity contribution is 6.04. The zero-order valence-corrected chi connectivity index (χ0v) is 18.7. The Kier molecular flexibility index (Phi) is 3.89. The summed E-state index contributed by atoms with van der Waals surface area (Å²) in [7, 11) is 0. The Morgan fingerprint density at radius 2 is 1.55 bits per heavy atom. The number of carbonyl (C=O) groups is 2. The third kappa shape index (κ3) is 2.23. The Bertz CT molecular complexity index is 863. The smallest absolute Gasteiger partial charge is 0.179 e. The predicted octanol–water partition coefficient (Wildman–Crippen LogP) is 5.03. The molecule has 0 aromatic rings. The summed E-state index contributed by atoms with van der Waals surface area (Å²) in [5.41, 5.74) is 1.95. The number of hydrogen-bond acceptors (Lipinski definition) is 3. The van der Waals surface area contributed by atoms with Gasteiger partial charge in [-0.3, -0.25) is 9.59 Å². The Hall–Kier alpha value is -1.22. The molecule has 5 rings (SSSR count). The zero-order chi connectivity index (χ0) is 21.0. The average molecular weight is 397 g/mol. The van der Waals surface area contributed by atoms with E-state index in [9.17, 15) is 14.7 Å². The predicted molar refractivity (Wildman–Crippen MR) is 113 cm³/mol. The summed E-state index contributed by atoms with van der Waals surface area (Å²) in [6.45, 7) is 11.5. The highest BCUT2D eigenvalue weighted by atomic mass is 16.3. The first-order valence-corrected chi connectivity index (χ1v) is 11.6. The van der Waals surface area contributed by atoms with Crippen LogP contribution in [0.1, 0.15) is 79.6 Å². The van der Waals surface area contributed by atoms with Gasteiger partial charge in [0.1, 0.15) is 5.78 Å². The molecule has 4 saturated carbocycles. The molecule has 0 saturated heterocycles. The first-order valence-electron chi connectivity index (χ1n) is 11.6. The molecule has 0 aromatic heterocycles. The lowest BCUT2D eigenvalue weighted by Gasteiger charge is -2.70. The minimum atomic E-state index is -0.428. The fourth-order valence-electron chi connectivity index (χ4n) is 9.26. The molecule has 1 N–H and O–H groups in total. The van der Waals surface area contributed by atoms with Gasteiger partial charge in [0.25, 0.3) is 0 Å². The molecular weight excluding hydrogens is 360 g/mol. The lowest BCUT2D eigenvalue weighted by Crippen LogP contribution is -2.66. The molecular formula is C26H36O3. The summed E-state index contributed by atoms with van der Waals surface area (Å²) >= 11 is 0. The molecule has 3 heteroatoms. The number of carbonyl (C=O) groups excluding carboxylic acids is 2. The minimum absolute atomic E-state index is 0.0968. The number of ketones is 2. The van der Waals surface area contributed by atoms with Crippen LogP contribution in [-0.2, 0) is 9.59 Å². The Morgan fingerprint density at radius 1 is 0.862 bits per heavy atom. The van der Waals surface area contributed by atoms with Gasteiger partial charge in [-0.25, -0.2) is 0 Å². The van der Waals surface area contributed by atoms with Crippen molar-refractivity contribution in [3.8, 4) is 0 Å². The van der Waals surface area contributed by atoms with Crippen LogP contribution in [0.4, 0.5) is 0 Å². The molecule has 0 unspecified atom stereocenters. The third-order valence-electron chi connectivity index (χ3n) is 10.7. The van der Waals surface area contributed by atoms with Gasteiger partial charge in [0.15, 0.2) is 5.78 Å². The van der Waals surface area contributed by atoms with Gasteiger partial charge < -0.3 is 5.11 Å². The lowest BCUT2D eigenvalue weighted by atomic mass is 9.35. The van der Waals surface area contributed by atoms with Gasteiger partial charge in [0.2, 0.25) is 0 Å². The number of Topliss-reactive ketones (excluding diaryl/α,β-unsaturated/α-hetero) is 1. The normalized spacial score (nSPS) is 50.7. The summed E-state index contributed by atoms with van der Waals surface area (Å²) < 4.78 is 0.